The molecule has 0 heterocycles. The van der Waals surface area contributed by atoms with E-state index in [2.05, 4.69) is 4.72 Å². The molecule has 2 atom stereocenters. The Morgan fingerprint density at radius 3 is 2.60 bits per heavy atom. The Balaban J connectivity index is 3.06. The van der Waals surface area contributed by atoms with Crippen LogP contribution in [0.1, 0.15) is 20.3 Å². The smallest absolute Gasteiger partial charge is 0.261 e. The molecule has 6 nitrogen and oxygen atoms in total. The number of halogens is 1. The maximum atomic E-state index is 12.2. The molecule has 1 amide bonds. The van der Waals surface area contributed by atoms with E-state index >= 15 is 0 Å². The number of carbonyl (C=O) groups is 1. The van der Waals surface area contributed by atoms with Crippen LogP contribution in [0, 0.1) is 5.92 Å². The van der Waals surface area contributed by atoms with Crippen LogP contribution in [0.25, 0.3) is 0 Å². The minimum absolute atomic E-state index is 0.0379. The molecule has 1 aromatic carbocycles. The van der Waals surface area contributed by atoms with Gasteiger partial charge in [0.25, 0.3) is 5.91 Å². The van der Waals surface area contributed by atoms with Gasteiger partial charge in [-0.1, -0.05) is 37.9 Å². The Bertz CT molecular complexity index is 577. The average molecular weight is 321 g/mol. The zero-order valence-electron chi connectivity index (χ0n) is 11.1. The Morgan fingerprint density at radius 1 is 1.45 bits per heavy atom. The maximum absolute atomic E-state index is 12.2. The highest BCUT2D eigenvalue weighted by atomic mass is 35.5. The summed E-state index contributed by atoms with van der Waals surface area (Å²) < 4.78 is 26.7. The van der Waals surface area contributed by atoms with Crippen LogP contribution >= 0.6 is 11.6 Å². The second kappa shape index (κ2) is 7.03. The second-order valence-corrected chi connectivity index (χ2v) is 6.57. The van der Waals surface area contributed by atoms with E-state index in [9.17, 15) is 13.2 Å². The van der Waals surface area contributed by atoms with E-state index in [-0.39, 0.29) is 15.8 Å². The first-order valence-corrected chi connectivity index (χ1v) is 7.89. The van der Waals surface area contributed by atoms with E-state index in [1.165, 1.54) is 23.7 Å². The first-order valence-electron chi connectivity index (χ1n) is 6.03. The van der Waals surface area contributed by atoms with Crippen LogP contribution in [-0.2, 0) is 14.8 Å². The molecule has 1 rings (SSSR count). The number of sulfonamides is 1. The number of rotatable bonds is 6. The van der Waals surface area contributed by atoms with Gasteiger partial charge in [-0.15, -0.1) is 0 Å². The van der Waals surface area contributed by atoms with Crippen LogP contribution in [-0.4, -0.2) is 25.6 Å². The lowest BCUT2D eigenvalue weighted by Crippen LogP contribution is -2.49. The molecule has 112 valence electrons. The van der Waals surface area contributed by atoms with Gasteiger partial charge in [0.2, 0.25) is 10.0 Å². The van der Waals surface area contributed by atoms with Crippen LogP contribution in [0.4, 0.5) is 0 Å². The fourth-order valence-corrected chi connectivity index (χ4v) is 3.21. The van der Waals surface area contributed by atoms with Gasteiger partial charge in [-0.05, 0) is 24.1 Å². The number of carbonyl (C=O) groups excluding carboxylic acids is 1. The third kappa shape index (κ3) is 4.17. The predicted octanol–water partition coefficient (Wildman–Crippen LogP) is 1.54. The average Bonchev–Trinajstić information content (AvgIpc) is 2.43. The summed E-state index contributed by atoms with van der Waals surface area (Å²) in [6.07, 6.45) is 0.566. The molecule has 0 saturated heterocycles. The number of nitrogens with one attached hydrogen (secondary N) is 2. The number of hydrogen-bond donors (Lipinski definition) is 3. The van der Waals surface area contributed by atoms with Gasteiger partial charge < -0.3 is 0 Å². The first-order chi connectivity index (χ1) is 9.31. The van der Waals surface area contributed by atoms with Crippen LogP contribution in [0.5, 0.6) is 0 Å². The van der Waals surface area contributed by atoms with Gasteiger partial charge in [0.05, 0.1) is 4.90 Å². The number of amides is 1. The van der Waals surface area contributed by atoms with Crippen LogP contribution in [0.15, 0.2) is 29.2 Å². The molecule has 0 aromatic heterocycles. The molecule has 0 fully saturated rings. The summed E-state index contributed by atoms with van der Waals surface area (Å²) in [7, 11) is -3.90. The molecule has 0 bridgehead atoms. The minimum Gasteiger partial charge on any atom is -0.289 e. The number of hydrogen-bond acceptors (Lipinski definition) is 4. The lowest BCUT2D eigenvalue weighted by Gasteiger charge is -2.22. The van der Waals surface area contributed by atoms with Crippen molar-refractivity contribution in [2.75, 3.05) is 0 Å². The topological polar surface area (TPSA) is 95.5 Å². The van der Waals surface area contributed by atoms with Crippen molar-refractivity contribution in [3.05, 3.63) is 29.3 Å². The van der Waals surface area contributed by atoms with E-state index in [4.69, 9.17) is 16.8 Å². The standard InChI is InChI=1S/C12H17ClN2O4S/c1-3-8(2)11(12(16)14-17)15-20(18,19)10-6-4-5-9(13)7-10/h4-8,11,15,17H,3H2,1-2H3,(H,14,16)/t8-,11+/m0/s1. The second-order valence-electron chi connectivity index (χ2n) is 4.42. The molecule has 3 N–H and O–H groups in total. The quantitative estimate of drug-likeness (QED) is 0.547. The van der Waals surface area contributed by atoms with Gasteiger partial charge in [-0.3, -0.25) is 10.0 Å². The summed E-state index contributed by atoms with van der Waals surface area (Å²) in [6, 6.07) is 4.65. The third-order valence-electron chi connectivity index (χ3n) is 2.99. The molecule has 0 spiro atoms. The van der Waals surface area contributed by atoms with Gasteiger partial charge in [0, 0.05) is 5.02 Å². The summed E-state index contributed by atoms with van der Waals surface area (Å²) >= 11 is 5.76. The van der Waals surface area contributed by atoms with Crippen molar-refractivity contribution in [3.63, 3.8) is 0 Å². The third-order valence-corrected chi connectivity index (χ3v) is 4.67. The van der Waals surface area contributed by atoms with Crippen molar-refractivity contribution in [1.29, 1.82) is 0 Å². The van der Waals surface area contributed by atoms with Crippen molar-refractivity contribution >= 4 is 27.5 Å². The van der Waals surface area contributed by atoms with Gasteiger partial charge >= 0.3 is 0 Å². The summed E-state index contributed by atoms with van der Waals surface area (Å²) in [5, 5.41) is 8.98. The lowest BCUT2D eigenvalue weighted by molar-refractivity contribution is -0.132. The molecule has 0 aliphatic carbocycles. The Morgan fingerprint density at radius 2 is 2.10 bits per heavy atom. The molecule has 1 aromatic rings. The highest BCUT2D eigenvalue weighted by molar-refractivity contribution is 7.89. The zero-order valence-corrected chi connectivity index (χ0v) is 12.7. The van der Waals surface area contributed by atoms with E-state index in [0.717, 1.165) is 0 Å². The van der Waals surface area contributed by atoms with Crippen LogP contribution in [0.3, 0.4) is 0 Å². The van der Waals surface area contributed by atoms with Crippen molar-refractivity contribution in [2.24, 2.45) is 5.92 Å². The highest BCUT2D eigenvalue weighted by Gasteiger charge is 2.29. The molecule has 0 saturated carbocycles. The molecular weight excluding hydrogens is 304 g/mol. The predicted molar refractivity (Wildman–Crippen MR) is 74.9 cm³/mol. The van der Waals surface area contributed by atoms with Crippen LogP contribution in [0.2, 0.25) is 5.02 Å². The summed E-state index contributed by atoms with van der Waals surface area (Å²) in [5.41, 5.74) is 1.47. The highest BCUT2D eigenvalue weighted by Crippen LogP contribution is 2.17. The van der Waals surface area contributed by atoms with E-state index in [0.29, 0.717) is 6.42 Å². The Hall–Kier alpha value is -1.15. The molecule has 0 aliphatic rings. The van der Waals surface area contributed by atoms with E-state index in [1.54, 1.807) is 13.0 Å². The summed E-state index contributed by atoms with van der Waals surface area (Å²) in [6.45, 7) is 3.52. The van der Waals surface area contributed by atoms with Crippen molar-refractivity contribution < 1.29 is 18.4 Å². The Labute approximate surface area is 123 Å². The van der Waals surface area contributed by atoms with E-state index in [1.807, 2.05) is 6.92 Å². The molecule has 8 heteroatoms. The fraction of sp³-hybridized carbons (Fsp3) is 0.417. The summed E-state index contributed by atoms with van der Waals surface area (Å²) in [5.74, 6) is -1.08. The van der Waals surface area contributed by atoms with Crippen molar-refractivity contribution in [2.45, 2.75) is 31.2 Å². The lowest BCUT2D eigenvalue weighted by atomic mass is 10.00. The molecule has 0 aliphatic heterocycles. The maximum Gasteiger partial charge on any atom is 0.261 e. The van der Waals surface area contributed by atoms with Crippen LogP contribution < -0.4 is 10.2 Å². The number of hydroxylamine groups is 1. The normalized spacial score (nSPS) is 14.6. The SMILES string of the molecule is CC[C@H](C)[C@@H](NS(=O)(=O)c1cccc(Cl)c1)C(=O)NO. The van der Waals surface area contributed by atoms with Crippen molar-refractivity contribution in [3.8, 4) is 0 Å². The largest absolute Gasteiger partial charge is 0.289 e. The zero-order chi connectivity index (χ0) is 15.3. The van der Waals surface area contributed by atoms with Crippen molar-refractivity contribution in [1.82, 2.24) is 10.2 Å². The van der Waals surface area contributed by atoms with Gasteiger partial charge in [-0.25, -0.2) is 13.9 Å². The molecular formula is C12H17ClN2O4S. The number of benzene rings is 1. The van der Waals surface area contributed by atoms with Gasteiger partial charge in [0.1, 0.15) is 6.04 Å². The van der Waals surface area contributed by atoms with Gasteiger partial charge in [-0.2, -0.15) is 4.72 Å². The Kier molecular flexibility index (Phi) is 5.94. The fourth-order valence-electron chi connectivity index (χ4n) is 1.60. The monoisotopic (exact) mass is 320 g/mol. The van der Waals surface area contributed by atoms with Gasteiger partial charge in [0.15, 0.2) is 0 Å². The molecule has 0 unspecified atom stereocenters. The van der Waals surface area contributed by atoms with E-state index < -0.39 is 22.0 Å². The summed E-state index contributed by atoms with van der Waals surface area (Å²) in [4.78, 5) is 11.5. The molecule has 0 radical (unpaired) electrons. The first kappa shape index (κ1) is 16.9. The minimum atomic E-state index is -3.90. The molecule has 20 heavy (non-hydrogen) atoms.